The highest BCUT2D eigenvalue weighted by atomic mass is 35.5. The monoisotopic (exact) mass is 456 g/mol. The second kappa shape index (κ2) is 8.25. The van der Waals surface area contributed by atoms with Gasteiger partial charge in [-0.15, -0.1) is 5.10 Å². The highest BCUT2D eigenvalue weighted by Gasteiger charge is 2.37. The van der Waals surface area contributed by atoms with Crippen LogP contribution in [-0.2, 0) is 16.1 Å². The van der Waals surface area contributed by atoms with Crippen LogP contribution in [0.3, 0.4) is 0 Å². The Hall–Kier alpha value is -3.63. The van der Waals surface area contributed by atoms with Crippen LogP contribution in [-0.4, -0.2) is 33.3 Å². The molecule has 156 valence electrons. The molecular weight excluding hydrogens is 444 g/mol. The fraction of sp³-hybridized carbons (Fsp3) is 0.100. The number of nitrogens with one attached hydrogen (secondary N) is 1. The number of benzene rings is 2. The molecule has 3 aromatic rings. The summed E-state index contributed by atoms with van der Waals surface area (Å²) in [5.74, 6) is -1.99. The van der Waals surface area contributed by atoms with Crippen molar-refractivity contribution in [2.45, 2.75) is 13.5 Å². The lowest BCUT2D eigenvalue weighted by Gasteiger charge is -2.14. The zero-order valence-corrected chi connectivity index (χ0v) is 17.5. The molecule has 2 heterocycles. The van der Waals surface area contributed by atoms with Crippen LogP contribution < -0.4 is 10.2 Å². The Morgan fingerprint density at radius 3 is 2.45 bits per heavy atom. The van der Waals surface area contributed by atoms with E-state index in [1.807, 2.05) is 0 Å². The summed E-state index contributed by atoms with van der Waals surface area (Å²) in [7, 11) is 0. The first-order valence-corrected chi connectivity index (χ1v) is 10.0. The minimum absolute atomic E-state index is 0.0961. The van der Waals surface area contributed by atoms with E-state index in [4.69, 9.17) is 16.3 Å². The Balaban J connectivity index is 1.53. The number of halogens is 1. The predicted octanol–water partition coefficient (Wildman–Crippen LogP) is 3.31. The molecule has 1 aliphatic heterocycles. The van der Waals surface area contributed by atoms with Crippen LogP contribution in [0.25, 0.3) is 0 Å². The maximum Gasteiger partial charge on any atom is 0.338 e. The maximum absolute atomic E-state index is 12.9. The molecule has 4 rings (SSSR count). The third-order valence-corrected chi connectivity index (χ3v) is 5.40. The molecule has 3 amide bonds. The van der Waals surface area contributed by atoms with Gasteiger partial charge in [0.25, 0.3) is 11.8 Å². The zero-order valence-electron chi connectivity index (χ0n) is 15.9. The summed E-state index contributed by atoms with van der Waals surface area (Å²) in [6.45, 7) is 1.22. The van der Waals surface area contributed by atoms with E-state index in [0.29, 0.717) is 21.4 Å². The van der Waals surface area contributed by atoms with Gasteiger partial charge in [-0.05, 0) is 42.5 Å². The van der Waals surface area contributed by atoms with Crippen molar-refractivity contribution < 1.29 is 23.9 Å². The lowest BCUT2D eigenvalue weighted by atomic mass is 10.1. The number of esters is 1. The molecule has 11 heteroatoms. The Labute approximate surface area is 184 Å². The topological polar surface area (TPSA) is 119 Å². The molecule has 0 atom stereocenters. The molecule has 0 saturated carbocycles. The van der Waals surface area contributed by atoms with Crippen molar-refractivity contribution in [3.8, 4) is 0 Å². The van der Waals surface area contributed by atoms with Crippen LogP contribution in [0.1, 0.15) is 43.7 Å². The van der Waals surface area contributed by atoms with Crippen LogP contribution in [0.2, 0.25) is 4.34 Å². The van der Waals surface area contributed by atoms with E-state index in [9.17, 15) is 19.2 Å². The predicted molar refractivity (Wildman–Crippen MR) is 112 cm³/mol. The molecule has 9 nitrogen and oxygen atoms in total. The standard InChI is InChI=1S/C20H13ClN4O5S/c1-10(26)22-12-3-5-13(6-4-12)25-18(27)14-7-2-11(8-15(14)19(25)28)20(29)30-9-16-17(21)31-24-23-16/h2-8H,9H2,1H3,(H,22,26). The van der Waals surface area contributed by atoms with Crippen molar-refractivity contribution in [1.82, 2.24) is 9.59 Å². The van der Waals surface area contributed by atoms with E-state index >= 15 is 0 Å². The van der Waals surface area contributed by atoms with Gasteiger partial charge in [0.05, 0.1) is 22.4 Å². The van der Waals surface area contributed by atoms with Crippen molar-refractivity contribution in [1.29, 1.82) is 0 Å². The highest BCUT2D eigenvalue weighted by Crippen LogP contribution is 2.30. The number of fused-ring (bicyclic) bond motifs is 1. The van der Waals surface area contributed by atoms with Gasteiger partial charge in [0.1, 0.15) is 16.6 Å². The SMILES string of the molecule is CC(=O)Nc1ccc(N2C(=O)c3ccc(C(=O)OCc4nnsc4Cl)cc3C2=O)cc1. The summed E-state index contributed by atoms with van der Waals surface area (Å²) >= 11 is 6.86. The normalized spacial score (nSPS) is 12.6. The number of hydrogen-bond acceptors (Lipinski definition) is 8. The molecule has 0 radical (unpaired) electrons. The summed E-state index contributed by atoms with van der Waals surface area (Å²) in [4.78, 5) is 50.2. The molecular formula is C20H13ClN4O5S. The molecule has 0 unspecified atom stereocenters. The van der Waals surface area contributed by atoms with Gasteiger partial charge in [0.15, 0.2) is 0 Å². The van der Waals surface area contributed by atoms with Gasteiger partial charge < -0.3 is 10.1 Å². The van der Waals surface area contributed by atoms with Crippen LogP contribution in [0, 0.1) is 0 Å². The molecule has 1 aromatic heterocycles. The average molecular weight is 457 g/mol. The van der Waals surface area contributed by atoms with Gasteiger partial charge in [-0.25, -0.2) is 9.69 Å². The number of carbonyl (C=O) groups excluding carboxylic acids is 4. The van der Waals surface area contributed by atoms with Gasteiger partial charge in [-0.3, -0.25) is 14.4 Å². The number of anilines is 2. The quantitative estimate of drug-likeness (QED) is 0.462. The lowest BCUT2D eigenvalue weighted by Crippen LogP contribution is -2.29. The fourth-order valence-corrected chi connectivity index (χ4v) is 3.60. The van der Waals surface area contributed by atoms with Crippen molar-refractivity contribution in [3.05, 3.63) is 69.2 Å². The van der Waals surface area contributed by atoms with E-state index in [1.54, 1.807) is 24.3 Å². The first-order chi connectivity index (χ1) is 14.8. The first kappa shape index (κ1) is 20.6. The van der Waals surface area contributed by atoms with Gasteiger partial charge in [0, 0.05) is 24.1 Å². The van der Waals surface area contributed by atoms with Gasteiger partial charge in [-0.2, -0.15) is 0 Å². The van der Waals surface area contributed by atoms with Crippen molar-refractivity contribution in [2.24, 2.45) is 0 Å². The van der Waals surface area contributed by atoms with Crippen LogP contribution >= 0.6 is 23.1 Å². The molecule has 0 bridgehead atoms. The zero-order chi connectivity index (χ0) is 22.1. The minimum Gasteiger partial charge on any atom is -0.455 e. The molecule has 0 fully saturated rings. The summed E-state index contributed by atoms with van der Waals surface area (Å²) in [6.07, 6.45) is 0. The van der Waals surface area contributed by atoms with Crippen LogP contribution in [0.15, 0.2) is 42.5 Å². The number of nitrogens with zero attached hydrogens (tertiary/aromatic N) is 3. The Kier molecular flexibility index (Phi) is 5.49. The Bertz CT molecular complexity index is 1220. The fourth-order valence-electron chi connectivity index (χ4n) is 3.00. The van der Waals surface area contributed by atoms with E-state index in [2.05, 4.69) is 14.9 Å². The van der Waals surface area contributed by atoms with E-state index in [1.165, 1.54) is 25.1 Å². The molecule has 31 heavy (non-hydrogen) atoms. The maximum atomic E-state index is 12.9. The molecule has 0 aliphatic carbocycles. The molecule has 0 spiro atoms. The number of ether oxygens (including phenoxy) is 1. The largest absolute Gasteiger partial charge is 0.455 e. The molecule has 1 aliphatic rings. The van der Waals surface area contributed by atoms with Crippen molar-refractivity contribution in [3.63, 3.8) is 0 Å². The minimum atomic E-state index is -0.690. The highest BCUT2D eigenvalue weighted by molar-refractivity contribution is 7.10. The average Bonchev–Trinajstić information content (AvgIpc) is 3.27. The van der Waals surface area contributed by atoms with Crippen LogP contribution in [0.4, 0.5) is 11.4 Å². The number of rotatable bonds is 5. The number of hydrogen-bond donors (Lipinski definition) is 1. The number of aromatic nitrogens is 2. The van der Waals surface area contributed by atoms with Gasteiger partial charge in [0.2, 0.25) is 5.91 Å². The van der Waals surface area contributed by atoms with Gasteiger partial charge in [-0.1, -0.05) is 16.1 Å². The van der Waals surface area contributed by atoms with Crippen LogP contribution in [0.5, 0.6) is 0 Å². The smallest absolute Gasteiger partial charge is 0.338 e. The Morgan fingerprint density at radius 2 is 1.81 bits per heavy atom. The van der Waals surface area contributed by atoms with Gasteiger partial charge >= 0.3 is 5.97 Å². The summed E-state index contributed by atoms with van der Waals surface area (Å²) in [5, 5.41) is 6.37. The third kappa shape index (κ3) is 4.03. The van der Waals surface area contributed by atoms with E-state index in [0.717, 1.165) is 16.4 Å². The second-order valence-corrected chi connectivity index (χ2v) is 7.86. The summed E-state index contributed by atoms with van der Waals surface area (Å²) in [6, 6.07) is 10.4. The molecule has 0 saturated heterocycles. The second-order valence-electron chi connectivity index (χ2n) is 6.50. The number of amides is 3. The van der Waals surface area contributed by atoms with E-state index < -0.39 is 17.8 Å². The lowest BCUT2D eigenvalue weighted by molar-refractivity contribution is -0.114. The summed E-state index contributed by atoms with van der Waals surface area (Å²) < 4.78 is 9.14. The number of carbonyl (C=O) groups is 4. The molecule has 2 aromatic carbocycles. The number of imide groups is 1. The van der Waals surface area contributed by atoms with E-state index in [-0.39, 0.29) is 29.2 Å². The van der Waals surface area contributed by atoms with Crippen molar-refractivity contribution in [2.75, 3.05) is 10.2 Å². The molecule has 1 N–H and O–H groups in total. The Morgan fingerprint density at radius 1 is 1.10 bits per heavy atom. The van der Waals surface area contributed by atoms with Crippen molar-refractivity contribution >= 4 is 58.2 Å². The third-order valence-electron chi connectivity index (χ3n) is 4.42. The first-order valence-electron chi connectivity index (χ1n) is 8.89. The summed E-state index contributed by atoms with van der Waals surface area (Å²) in [5.41, 5.74) is 1.60.